The third kappa shape index (κ3) is 3.03. The zero-order valence-electron chi connectivity index (χ0n) is 16.1. The molecule has 0 bridgehead atoms. The Kier molecular flexibility index (Phi) is 4.48. The average molecular weight is 425 g/mol. The maximum absolute atomic E-state index is 14.4. The molecule has 0 N–H and O–H groups in total. The lowest BCUT2D eigenvalue weighted by Gasteiger charge is -2.32. The van der Waals surface area contributed by atoms with Crippen LogP contribution in [0.5, 0.6) is 0 Å². The van der Waals surface area contributed by atoms with Crippen molar-refractivity contribution in [2.75, 3.05) is 6.61 Å². The molecule has 3 aromatic rings. The van der Waals surface area contributed by atoms with Crippen LogP contribution in [0.4, 0.5) is 8.78 Å². The third-order valence-corrected chi connectivity index (χ3v) is 6.70. The van der Waals surface area contributed by atoms with Gasteiger partial charge in [-0.15, -0.1) is 11.3 Å². The largest absolute Gasteiger partial charge is 0.370 e. The fourth-order valence-corrected chi connectivity index (χ4v) is 5.23. The molecule has 2 aromatic heterocycles. The highest BCUT2D eigenvalue weighted by atomic mass is 32.1. The van der Waals surface area contributed by atoms with Crippen LogP contribution in [-0.4, -0.2) is 33.3 Å². The van der Waals surface area contributed by atoms with Gasteiger partial charge >= 0.3 is 0 Å². The molecule has 5 rings (SSSR count). The Bertz CT molecular complexity index is 1230. The van der Waals surface area contributed by atoms with E-state index < -0.39 is 17.2 Å². The van der Waals surface area contributed by atoms with Gasteiger partial charge in [-0.1, -0.05) is 6.08 Å². The summed E-state index contributed by atoms with van der Waals surface area (Å²) in [4.78, 5) is 17.5. The van der Waals surface area contributed by atoms with Gasteiger partial charge < -0.3 is 4.74 Å². The molecular weight excluding hydrogens is 408 g/mol. The van der Waals surface area contributed by atoms with Crippen molar-refractivity contribution in [2.45, 2.75) is 25.4 Å². The molecule has 0 fully saturated rings. The third-order valence-electron chi connectivity index (χ3n) is 5.50. The van der Waals surface area contributed by atoms with Crippen molar-refractivity contribution in [2.24, 2.45) is 0 Å². The number of ether oxygens (including phenoxy) is 1. The van der Waals surface area contributed by atoms with Gasteiger partial charge in [0.15, 0.2) is 11.6 Å². The molecule has 0 spiro atoms. The van der Waals surface area contributed by atoms with E-state index in [-0.39, 0.29) is 5.69 Å². The predicted octanol–water partition coefficient (Wildman–Crippen LogP) is 4.52. The molecule has 0 radical (unpaired) electrons. The molecule has 1 aliphatic carbocycles. The Labute approximate surface area is 175 Å². The number of carbonyl (C=O) groups is 1. The number of fused-ring (bicyclic) bond motifs is 3. The number of nitrogens with zero attached hydrogens (tertiary/aromatic N) is 3. The molecule has 30 heavy (non-hydrogen) atoms. The second-order valence-corrected chi connectivity index (χ2v) is 8.52. The Hall–Kier alpha value is -2.97. The number of aldehydes is 1. The molecule has 5 nitrogen and oxygen atoms in total. The Balaban J connectivity index is 1.63. The summed E-state index contributed by atoms with van der Waals surface area (Å²) >= 11 is 1.51. The number of rotatable bonds is 3. The van der Waals surface area contributed by atoms with Crippen LogP contribution in [0.15, 0.2) is 48.3 Å². The topological polar surface area (TPSA) is 57.0 Å². The van der Waals surface area contributed by atoms with E-state index in [1.54, 1.807) is 0 Å². The summed E-state index contributed by atoms with van der Waals surface area (Å²) in [5.41, 5.74) is 2.31. The Morgan fingerprint density at radius 3 is 2.97 bits per heavy atom. The highest BCUT2D eigenvalue weighted by molar-refractivity contribution is 7.16. The van der Waals surface area contributed by atoms with E-state index in [1.165, 1.54) is 34.5 Å². The highest BCUT2D eigenvalue weighted by Crippen LogP contribution is 2.46. The van der Waals surface area contributed by atoms with Crippen molar-refractivity contribution >= 4 is 23.2 Å². The van der Waals surface area contributed by atoms with Crippen LogP contribution >= 0.6 is 11.3 Å². The average Bonchev–Trinajstić information content (AvgIpc) is 3.33. The molecule has 1 atom stereocenters. The van der Waals surface area contributed by atoms with Crippen LogP contribution < -0.4 is 0 Å². The lowest BCUT2D eigenvalue weighted by Crippen LogP contribution is -2.31. The first-order chi connectivity index (χ1) is 14.5. The predicted molar refractivity (Wildman–Crippen MR) is 109 cm³/mol. The van der Waals surface area contributed by atoms with Crippen LogP contribution in [0.1, 0.15) is 23.8 Å². The van der Waals surface area contributed by atoms with Gasteiger partial charge in [0.2, 0.25) is 0 Å². The number of benzene rings is 1. The van der Waals surface area contributed by atoms with Crippen molar-refractivity contribution in [3.8, 4) is 16.4 Å². The minimum absolute atomic E-state index is 0.128. The van der Waals surface area contributed by atoms with Gasteiger partial charge in [-0.05, 0) is 49.6 Å². The van der Waals surface area contributed by atoms with E-state index in [0.29, 0.717) is 30.8 Å². The number of carbonyl (C=O) groups excluding carboxylic acids is 1. The van der Waals surface area contributed by atoms with Crippen molar-refractivity contribution < 1.29 is 18.3 Å². The zero-order valence-corrected chi connectivity index (χ0v) is 16.9. The molecule has 0 saturated carbocycles. The molecule has 152 valence electrons. The standard InChI is InChI=1S/C22H17F2N3O2S/c1-22-6-4-13(11-28)8-16(22)20-14(5-7-29-22)9-19(30-20)21-25-12-26-27(21)18-3-2-15(23)10-17(18)24/h2-4,8-12H,5-7H2,1H3. The summed E-state index contributed by atoms with van der Waals surface area (Å²) in [5.74, 6) is -0.885. The summed E-state index contributed by atoms with van der Waals surface area (Å²) in [6.45, 7) is 2.59. The summed E-state index contributed by atoms with van der Waals surface area (Å²) in [6, 6.07) is 5.37. The van der Waals surface area contributed by atoms with Crippen molar-refractivity contribution in [1.29, 1.82) is 0 Å². The molecule has 8 heteroatoms. The quantitative estimate of drug-likeness (QED) is 0.579. The number of allylic oxidation sites excluding steroid dienone is 2. The smallest absolute Gasteiger partial charge is 0.173 e. The Morgan fingerprint density at radius 2 is 2.17 bits per heavy atom. The highest BCUT2D eigenvalue weighted by Gasteiger charge is 2.37. The lowest BCUT2D eigenvalue weighted by atomic mass is 9.84. The van der Waals surface area contributed by atoms with Crippen LogP contribution in [0.3, 0.4) is 0 Å². The fraction of sp³-hybridized carbons (Fsp3) is 0.227. The van der Waals surface area contributed by atoms with Crippen molar-refractivity contribution in [3.63, 3.8) is 0 Å². The van der Waals surface area contributed by atoms with Crippen LogP contribution in [0, 0.1) is 11.6 Å². The van der Waals surface area contributed by atoms with E-state index in [9.17, 15) is 13.6 Å². The molecule has 1 aromatic carbocycles. The monoisotopic (exact) mass is 425 g/mol. The van der Waals surface area contributed by atoms with Crippen LogP contribution in [0.2, 0.25) is 0 Å². The summed E-state index contributed by atoms with van der Waals surface area (Å²) in [6.07, 6.45) is 7.31. The van der Waals surface area contributed by atoms with Gasteiger partial charge in [-0.25, -0.2) is 18.4 Å². The van der Waals surface area contributed by atoms with Gasteiger partial charge in [0.25, 0.3) is 0 Å². The van der Waals surface area contributed by atoms with E-state index in [1.807, 2.05) is 25.1 Å². The van der Waals surface area contributed by atoms with Gasteiger partial charge in [0.05, 0.1) is 17.1 Å². The van der Waals surface area contributed by atoms with E-state index in [0.717, 1.165) is 33.2 Å². The van der Waals surface area contributed by atoms with Crippen molar-refractivity contribution in [1.82, 2.24) is 14.8 Å². The maximum atomic E-state index is 14.4. The number of halogens is 2. The summed E-state index contributed by atoms with van der Waals surface area (Å²) < 4.78 is 35.2. The molecule has 1 unspecified atom stereocenters. The van der Waals surface area contributed by atoms with Gasteiger partial charge in [-0.2, -0.15) is 5.10 Å². The lowest BCUT2D eigenvalue weighted by molar-refractivity contribution is -0.104. The van der Waals surface area contributed by atoms with E-state index in [4.69, 9.17) is 4.74 Å². The van der Waals surface area contributed by atoms with E-state index in [2.05, 4.69) is 10.1 Å². The zero-order chi connectivity index (χ0) is 20.9. The van der Waals surface area contributed by atoms with Gasteiger partial charge in [0.1, 0.15) is 24.1 Å². The molecule has 0 saturated heterocycles. The summed E-state index contributed by atoms with van der Waals surface area (Å²) in [5, 5.41) is 4.15. The number of aromatic nitrogens is 3. The minimum Gasteiger partial charge on any atom is -0.370 e. The van der Waals surface area contributed by atoms with Gasteiger partial charge in [0, 0.05) is 22.1 Å². The SMILES string of the molecule is CC12CC=C(C=O)C=C1c1sc(-c3ncnn3-c3ccc(F)cc3F)cc1CCO2. The normalized spacial score (nSPS) is 20.6. The first kappa shape index (κ1) is 19.0. The maximum Gasteiger partial charge on any atom is 0.173 e. The molecule has 2 aliphatic rings. The minimum atomic E-state index is -0.711. The van der Waals surface area contributed by atoms with Gasteiger partial charge in [-0.3, -0.25) is 4.79 Å². The van der Waals surface area contributed by atoms with Crippen LogP contribution in [0.25, 0.3) is 22.0 Å². The number of thiophene rings is 1. The van der Waals surface area contributed by atoms with Crippen LogP contribution in [-0.2, 0) is 16.0 Å². The van der Waals surface area contributed by atoms with Crippen molar-refractivity contribution in [3.05, 3.63) is 70.4 Å². The molecule has 0 amide bonds. The molecular formula is C22H17F2N3O2S. The first-order valence-corrected chi connectivity index (χ1v) is 10.3. The number of hydrogen-bond donors (Lipinski definition) is 0. The van der Waals surface area contributed by atoms with E-state index >= 15 is 0 Å². The summed E-state index contributed by atoms with van der Waals surface area (Å²) in [7, 11) is 0. The number of hydrogen-bond acceptors (Lipinski definition) is 5. The fourth-order valence-electron chi connectivity index (χ4n) is 3.90. The molecule has 1 aliphatic heterocycles. The first-order valence-electron chi connectivity index (χ1n) is 9.49. The molecule has 3 heterocycles. The Morgan fingerprint density at radius 1 is 1.30 bits per heavy atom. The second-order valence-electron chi connectivity index (χ2n) is 7.47. The second kappa shape index (κ2) is 7.07.